The summed E-state index contributed by atoms with van der Waals surface area (Å²) >= 11 is 0. The van der Waals surface area contributed by atoms with Crippen molar-refractivity contribution in [2.75, 3.05) is 7.11 Å². The molecule has 0 amide bonds. The number of aliphatic carboxylic acids is 1. The Morgan fingerprint density at radius 3 is 2.50 bits per heavy atom. The van der Waals surface area contributed by atoms with Crippen LogP contribution in [0.4, 0.5) is 0 Å². The molecule has 1 aromatic rings. The Bertz CT molecular complexity index is 450. The first-order chi connectivity index (χ1) is 7.45. The number of hydrogen-bond donors (Lipinski definition) is 2. The Balaban J connectivity index is 3.21. The Labute approximate surface area is 94.3 Å². The van der Waals surface area contributed by atoms with Crippen LogP contribution in [-0.4, -0.2) is 18.2 Å². The number of ether oxygens (including phenoxy) is 1. The average Bonchev–Trinajstić information content (AvgIpc) is 2.22. The van der Waals surface area contributed by atoms with Crippen molar-refractivity contribution in [3.63, 3.8) is 0 Å². The average molecular weight is 221 g/mol. The van der Waals surface area contributed by atoms with Crippen molar-refractivity contribution in [2.24, 2.45) is 5.73 Å². The maximum atomic E-state index is 10.6. The van der Waals surface area contributed by atoms with E-state index in [2.05, 4.69) is 0 Å². The van der Waals surface area contributed by atoms with Crippen LogP contribution in [0.3, 0.4) is 0 Å². The maximum absolute atomic E-state index is 10.6. The van der Waals surface area contributed by atoms with E-state index in [9.17, 15) is 4.79 Å². The first-order valence-corrected chi connectivity index (χ1v) is 4.81. The number of carboxylic acids is 1. The molecule has 86 valence electrons. The first kappa shape index (κ1) is 12.1. The van der Waals surface area contributed by atoms with Crippen LogP contribution in [0.1, 0.15) is 16.7 Å². The second-order valence-electron chi connectivity index (χ2n) is 3.58. The van der Waals surface area contributed by atoms with Gasteiger partial charge in [-0.1, -0.05) is 0 Å². The molecule has 0 saturated carbocycles. The highest BCUT2D eigenvalue weighted by Crippen LogP contribution is 2.23. The van der Waals surface area contributed by atoms with Gasteiger partial charge in [0, 0.05) is 0 Å². The van der Waals surface area contributed by atoms with Crippen LogP contribution in [0, 0.1) is 13.8 Å². The third-order valence-electron chi connectivity index (χ3n) is 2.34. The minimum absolute atomic E-state index is 0.173. The molecule has 16 heavy (non-hydrogen) atoms. The first-order valence-electron chi connectivity index (χ1n) is 4.81. The summed E-state index contributed by atoms with van der Waals surface area (Å²) in [5.74, 6) is -0.337. The molecule has 0 saturated heterocycles. The fourth-order valence-electron chi connectivity index (χ4n) is 1.42. The second-order valence-corrected chi connectivity index (χ2v) is 3.58. The lowest BCUT2D eigenvalue weighted by Crippen LogP contribution is -2.09. The van der Waals surface area contributed by atoms with Gasteiger partial charge < -0.3 is 15.6 Å². The predicted octanol–water partition coefficient (Wildman–Crippen LogP) is 1.70. The van der Waals surface area contributed by atoms with Crippen LogP contribution in [0.5, 0.6) is 5.75 Å². The highest BCUT2D eigenvalue weighted by molar-refractivity contribution is 5.91. The fourth-order valence-corrected chi connectivity index (χ4v) is 1.42. The van der Waals surface area contributed by atoms with Gasteiger partial charge in [-0.15, -0.1) is 0 Å². The van der Waals surface area contributed by atoms with Crippen molar-refractivity contribution < 1.29 is 14.6 Å². The van der Waals surface area contributed by atoms with Crippen molar-refractivity contribution in [3.8, 4) is 5.75 Å². The van der Waals surface area contributed by atoms with Crippen LogP contribution in [-0.2, 0) is 4.79 Å². The molecule has 0 fully saturated rings. The van der Waals surface area contributed by atoms with E-state index in [0.717, 1.165) is 22.4 Å². The zero-order chi connectivity index (χ0) is 12.3. The van der Waals surface area contributed by atoms with Gasteiger partial charge in [0.15, 0.2) is 0 Å². The van der Waals surface area contributed by atoms with Gasteiger partial charge in [-0.05, 0) is 48.7 Å². The maximum Gasteiger partial charge on any atom is 0.351 e. The van der Waals surface area contributed by atoms with Crippen molar-refractivity contribution >= 4 is 12.0 Å². The lowest BCUT2D eigenvalue weighted by molar-refractivity contribution is -0.132. The highest BCUT2D eigenvalue weighted by atomic mass is 16.5. The molecular weight excluding hydrogens is 206 g/mol. The Hall–Kier alpha value is -1.97. The van der Waals surface area contributed by atoms with Gasteiger partial charge in [-0.25, -0.2) is 4.79 Å². The van der Waals surface area contributed by atoms with Crippen molar-refractivity contribution in [1.29, 1.82) is 0 Å². The number of rotatable bonds is 3. The van der Waals surface area contributed by atoms with E-state index >= 15 is 0 Å². The quantitative estimate of drug-likeness (QED) is 0.762. The summed E-state index contributed by atoms with van der Waals surface area (Å²) in [4.78, 5) is 10.6. The number of benzene rings is 1. The molecule has 0 heterocycles. The normalized spacial score (nSPS) is 11.3. The van der Waals surface area contributed by atoms with Gasteiger partial charge in [0.1, 0.15) is 11.4 Å². The smallest absolute Gasteiger partial charge is 0.351 e. The molecule has 0 unspecified atom stereocenters. The zero-order valence-electron chi connectivity index (χ0n) is 9.57. The minimum Gasteiger partial charge on any atom is -0.496 e. The van der Waals surface area contributed by atoms with Gasteiger partial charge in [-0.3, -0.25) is 0 Å². The van der Waals surface area contributed by atoms with E-state index in [1.165, 1.54) is 6.08 Å². The standard InChI is InChI=1S/C12H15NO3/c1-7-5-11(16-3)8(2)4-9(7)6-10(13)12(14)15/h4-6H,13H2,1-3H3,(H,14,15)/b10-6+. The molecule has 0 aliphatic rings. The van der Waals surface area contributed by atoms with E-state index in [4.69, 9.17) is 15.6 Å². The summed E-state index contributed by atoms with van der Waals surface area (Å²) < 4.78 is 5.16. The van der Waals surface area contributed by atoms with Crippen molar-refractivity contribution in [2.45, 2.75) is 13.8 Å². The molecule has 4 heteroatoms. The lowest BCUT2D eigenvalue weighted by atomic mass is 10.0. The molecule has 1 rings (SSSR count). The molecule has 0 aromatic heterocycles. The highest BCUT2D eigenvalue weighted by Gasteiger charge is 2.06. The van der Waals surface area contributed by atoms with Crippen molar-refractivity contribution in [3.05, 3.63) is 34.5 Å². The number of hydrogen-bond acceptors (Lipinski definition) is 3. The van der Waals surface area contributed by atoms with E-state index < -0.39 is 5.97 Å². The summed E-state index contributed by atoms with van der Waals surface area (Å²) in [7, 11) is 1.60. The Morgan fingerprint density at radius 1 is 1.38 bits per heavy atom. The molecular formula is C12H15NO3. The minimum atomic E-state index is -1.12. The predicted molar refractivity (Wildman–Crippen MR) is 62.3 cm³/mol. The van der Waals surface area contributed by atoms with E-state index in [0.29, 0.717) is 0 Å². The van der Waals surface area contributed by atoms with Gasteiger partial charge in [0.2, 0.25) is 0 Å². The molecule has 4 nitrogen and oxygen atoms in total. The molecule has 0 radical (unpaired) electrons. The van der Waals surface area contributed by atoms with Gasteiger partial charge >= 0.3 is 5.97 Å². The topological polar surface area (TPSA) is 72.5 Å². The summed E-state index contributed by atoms with van der Waals surface area (Å²) in [6, 6.07) is 3.71. The number of carbonyl (C=O) groups is 1. The SMILES string of the molecule is COc1cc(C)c(/C=C(/N)C(=O)O)cc1C. The fraction of sp³-hybridized carbons (Fsp3) is 0.250. The second kappa shape index (κ2) is 4.70. The third kappa shape index (κ3) is 2.53. The van der Waals surface area contributed by atoms with E-state index in [-0.39, 0.29) is 5.70 Å². The Morgan fingerprint density at radius 2 is 2.00 bits per heavy atom. The Kier molecular flexibility index (Phi) is 3.55. The molecule has 0 bridgehead atoms. The monoisotopic (exact) mass is 221 g/mol. The summed E-state index contributed by atoms with van der Waals surface area (Å²) in [6.45, 7) is 3.77. The number of carboxylic acid groups (broad SMARTS) is 1. The van der Waals surface area contributed by atoms with Crippen LogP contribution in [0.25, 0.3) is 6.08 Å². The number of methoxy groups -OCH3 is 1. The molecule has 0 spiro atoms. The van der Waals surface area contributed by atoms with Crippen LogP contribution >= 0.6 is 0 Å². The molecule has 0 aliphatic carbocycles. The van der Waals surface area contributed by atoms with Gasteiger partial charge in [0.25, 0.3) is 0 Å². The van der Waals surface area contributed by atoms with E-state index in [1.54, 1.807) is 7.11 Å². The largest absolute Gasteiger partial charge is 0.496 e. The summed E-state index contributed by atoms with van der Waals surface area (Å²) in [5.41, 5.74) is 7.85. The molecule has 1 aromatic carbocycles. The zero-order valence-corrected chi connectivity index (χ0v) is 9.57. The summed E-state index contributed by atoms with van der Waals surface area (Å²) in [5, 5.41) is 8.69. The van der Waals surface area contributed by atoms with E-state index in [1.807, 2.05) is 26.0 Å². The lowest BCUT2D eigenvalue weighted by Gasteiger charge is -2.08. The number of nitrogens with two attached hydrogens (primary N) is 1. The van der Waals surface area contributed by atoms with Crippen LogP contribution in [0.2, 0.25) is 0 Å². The number of aryl methyl sites for hydroxylation is 2. The molecule has 0 atom stereocenters. The molecule has 3 N–H and O–H groups in total. The molecule has 0 aliphatic heterocycles. The van der Waals surface area contributed by atoms with Gasteiger partial charge in [0.05, 0.1) is 7.11 Å². The van der Waals surface area contributed by atoms with Crippen LogP contribution in [0.15, 0.2) is 17.8 Å². The van der Waals surface area contributed by atoms with Gasteiger partial charge in [-0.2, -0.15) is 0 Å². The van der Waals surface area contributed by atoms with Crippen molar-refractivity contribution in [1.82, 2.24) is 0 Å². The third-order valence-corrected chi connectivity index (χ3v) is 2.34. The summed E-state index contributed by atoms with van der Waals surface area (Å²) in [6.07, 6.45) is 1.45. The van der Waals surface area contributed by atoms with Crippen LogP contribution < -0.4 is 10.5 Å².